The summed E-state index contributed by atoms with van der Waals surface area (Å²) in [5.74, 6) is 4.04. The van der Waals surface area contributed by atoms with Gasteiger partial charge in [-0.25, -0.2) is 4.98 Å². The number of H-pyrrole nitrogens is 1. The number of fused-ring (bicyclic) bond motifs is 1. The summed E-state index contributed by atoms with van der Waals surface area (Å²) in [5, 5.41) is 16.2. The summed E-state index contributed by atoms with van der Waals surface area (Å²) in [5.41, 5.74) is 2.93. The van der Waals surface area contributed by atoms with E-state index in [2.05, 4.69) is 30.6 Å². The number of aromatic amines is 1. The first-order chi connectivity index (χ1) is 13.2. The minimum atomic E-state index is 0.606. The van der Waals surface area contributed by atoms with E-state index in [1.54, 1.807) is 16.3 Å². The minimum Gasteiger partial charge on any atom is -0.323 e. The predicted octanol–water partition coefficient (Wildman–Crippen LogP) is 4.07. The van der Waals surface area contributed by atoms with Crippen LogP contribution in [0.2, 0.25) is 0 Å². The molecule has 4 aromatic rings. The zero-order chi connectivity index (χ0) is 18.2. The molecule has 0 aliphatic heterocycles. The zero-order valence-corrected chi connectivity index (χ0v) is 15.7. The Morgan fingerprint density at radius 3 is 2.85 bits per heavy atom. The van der Waals surface area contributed by atoms with Gasteiger partial charge in [0.05, 0.1) is 5.69 Å². The highest BCUT2D eigenvalue weighted by Crippen LogP contribution is 2.34. The van der Waals surface area contributed by atoms with Gasteiger partial charge in [-0.3, -0.25) is 5.10 Å². The lowest BCUT2D eigenvalue weighted by molar-refractivity contribution is 0.877. The van der Waals surface area contributed by atoms with Crippen LogP contribution in [0, 0.1) is 12.8 Å². The van der Waals surface area contributed by atoms with Crippen molar-refractivity contribution >= 4 is 29.2 Å². The quantitative estimate of drug-likeness (QED) is 0.493. The second kappa shape index (κ2) is 6.70. The highest BCUT2D eigenvalue weighted by molar-refractivity contribution is 7.99. The number of aromatic nitrogens is 6. The Morgan fingerprint density at radius 2 is 2.04 bits per heavy atom. The summed E-state index contributed by atoms with van der Waals surface area (Å²) in [4.78, 5) is 9.07. The van der Waals surface area contributed by atoms with Gasteiger partial charge in [0.2, 0.25) is 5.16 Å². The molecule has 0 bridgehead atoms. The van der Waals surface area contributed by atoms with Gasteiger partial charge in [0.25, 0.3) is 5.78 Å². The van der Waals surface area contributed by atoms with Gasteiger partial charge in [0.1, 0.15) is 5.82 Å². The normalized spacial score (nSPS) is 14.0. The first-order valence-electron chi connectivity index (χ1n) is 9.00. The van der Waals surface area contributed by atoms with Crippen molar-refractivity contribution in [2.24, 2.45) is 5.92 Å². The molecule has 0 atom stereocenters. The van der Waals surface area contributed by atoms with Gasteiger partial charge in [0.15, 0.2) is 5.82 Å². The van der Waals surface area contributed by atoms with Crippen molar-refractivity contribution in [2.45, 2.75) is 24.9 Å². The van der Waals surface area contributed by atoms with E-state index in [0.29, 0.717) is 5.78 Å². The number of rotatable bonds is 6. The van der Waals surface area contributed by atoms with Crippen molar-refractivity contribution in [1.29, 1.82) is 0 Å². The Kier molecular flexibility index (Phi) is 4.05. The number of anilines is 2. The summed E-state index contributed by atoms with van der Waals surface area (Å²) in [7, 11) is 0. The van der Waals surface area contributed by atoms with Crippen LogP contribution in [0.15, 0.2) is 47.6 Å². The van der Waals surface area contributed by atoms with Crippen LogP contribution in [0.3, 0.4) is 0 Å². The number of aryl methyl sites for hydroxylation is 1. The number of nitrogens with zero attached hydrogens (tertiary/aromatic N) is 5. The van der Waals surface area contributed by atoms with E-state index in [0.717, 1.165) is 45.4 Å². The smallest absolute Gasteiger partial charge is 0.255 e. The van der Waals surface area contributed by atoms with E-state index in [-0.39, 0.29) is 0 Å². The number of hydrogen-bond acceptors (Lipinski definition) is 6. The Morgan fingerprint density at radius 1 is 1.19 bits per heavy atom. The summed E-state index contributed by atoms with van der Waals surface area (Å²) in [6, 6.07) is 14.0. The summed E-state index contributed by atoms with van der Waals surface area (Å²) in [6.07, 6.45) is 2.65. The van der Waals surface area contributed by atoms with E-state index in [1.165, 1.54) is 12.8 Å². The van der Waals surface area contributed by atoms with Crippen LogP contribution in [-0.2, 0) is 0 Å². The van der Waals surface area contributed by atoms with E-state index < -0.39 is 0 Å². The van der Waals surface area contributed by atoms with E-state index in [1.807, 2.05) is 49.4 Å². The summed E-state index contributed by atoms with van der Waals surface area (Å²) < 4.78 is 1.75. The molecule has 1 aliphatic carbocycles. The third kappa shape index (κ3) is 3.52. The van der Waals surface area contributed by atoms with Crippen LogP contribution in [0.4, 0.5) is 11.6 Å². The molecule has 2 N–H and O–H groups in total. The lowest BCUT2D eigenvalue weighted by atomic mass is 10.2. The monoisotopic (exact) mass is 377 g/mol. The number of nitrogens with one attached hydrogen (secondary N) is 2. The average Bonchev–Trinajstić information content (AvgIpc) is 3.23. The van der Waals surface area contributed by atoms with Crippen LogP contribution < -0.4 is 5.32 Å². The fraction of sp³-hybridized carbons (Fsp3) is 0.263. The molecule has 5 rings (SSSR count). The molecule has 3 aromatic heterocycles. The van der Waals surface area contributed by atoms with Crippen LogP contribution in [0.25, 0.3) is 17.0 Å². The number of benzene rings is 1. The van der Waals surface area contributed by atoms with Gasteiger partial charge in [-0.05, 0) is 31.2 Å². The molecule has 0 amide bonds. The molecule has 1 aromatic carbocycles. The van der Waals surface area contributed by atoms with Crippen molar-refractivity contribution in [3.05, 3.63) is 48.2 Å². The van der Waals surface area contributed by atoms with E-state index in [4.69, 9.17) is 0 Å². The molecular weight excluding hydrogens is 358 g/mol. The maximum absolute atomic E-state index is 4.62. The second-order valence-corrected chi connectivity index (χ2v) is 7.79. The molecule has 1 aliphatic rings. The average molecular weight is 377 g/mol. The first-order valence-corrected chi connectivity index (χ1v) is 9.98. The molecule has 1 fully saturated rings. The maximum Gasteiger partial charge on any atom is 0.255 e. The predicted molar refractivity (Wildman–Crippen MR) is 106 cm³/mol. The van der Waals surface area contributed by atoms with Gasteiger partial charge in [-0.15, -0.1) is 5.10 Å². The second-order valence-electron chi connectivity index (χ2n) is 6.80. The van der Waals surface area contributed by atoms with Crippen LogP contribution >= 0.6 is 11.8 Å². The van der Waals surface area contributed by atoms with Crippen LogP contribution in [-0.4, -0.2) is 35.5 Å². The molecule has 136 valence electrons. The van der Waals surface area contributed by atoms with Crippen LogP contribution in [0.1, 0.15) is 18.5 Å². The van der Waals surface area contributed by atoms with E-state index >= 15 is 0 Å². The molecule has 27 heavy (non-hydrogen) atoms. The molecule has 0 radical (unpaired) electrons. The van der Waals surface area contributed by atoms with Crippen molar-refractivity contribution in [1.82, 2.24) is 29.8 Å². The molecule has 8 heteroatoms. The largest absolute Gasteiger partial charge is 0.323 e. The third-order valence-corrected chi connectivity index (χ3v) is 5.55. The molecular formula is C19H19N7S. The Bertz CT molecular complexity index is 1080. The lowest BCUT2D eigenvalue weighted by Crippen LogP contribution is -2.02. The van der Waals surface area contributed by atoms with Crippen molar-refractivity contribution in [2.75, 3.05) is 11.1 Å². The number of hydrogen-bond donors (Lipinski definition) is 2. The standard InChI is InChI=1S/C19H19N7S/c1-12-9-17(21-16-10-15(23-24-16)14-5-3-2-4-6-14)26-18(20-12)22-19(25-26)27-11-13-7-8-13/h2-6,9-10,13H,7-8,11H2,1H3,(H2,21,23,24). The summed E-state index contributed by atoms with van der Waals surface area (Å²) >= 11 is 1.71. The fourth-order valence-electron chi connectivity index (χ4n) is 2.88. The fourth-order valence-corrected chi connectivity index (χ4v) is 3.88. The highest BCUT2D eigenvalue weighted by atomic mass is 32.2. The minimum absolute atomic E-state index is 0.606. The molecule has 0 spiro atoms. The van der Waals surface area contributed by atoms with Gasteiger partial charge >= 0.3 is 0 Å². The molecule has 0 saturated heterocycles. The molecule has 7 nitrogen and oxygen atoms in total. The van der Waals surface area contributed by atoms with Gasteiger partial charge in [0, 0.05) is 23.6 Å². The van der Waals surface area contributed by atoms with Gasteiger partial charge < -0.3 is 5.32 Å². The number of thioether (sulfide) groups is 1. The SMILES string of the molecule is Cc1cc(Nc2cc(-c3ccccc3)[nH]n2)n2nc(SCC3CC3)nc2n1. The van der Waals surface area contributed by atoms with Crippen LogP contribution in [0.5, 0.6) is 0 Å². The van der Waals surface area contributed by atoms with E-state index in [9.17, 15) is 0 Å². The zero-order valence-electron chi connectivity index (χ0n) is 14.9. The topological polar surface area (TPSA) is 83.8 Å². The summed E-state index contributed by atoms with van der Waals surface area (Å²) in [6.45, 7) is 1.96. The third-order valence-electron chi connectivity index (χ3n) is 4.48. The van der Waals surface area contributed by atoms with Crippen molar-refractivity contribution < 1.29 is 0 Å². The molecule has 0 unspecified atom stereocenters. The Labute approximate surface area is 160 Å². The van der Waals surface area contributed by atoms with Gasteiger partial charge in [-0.1, -0.05) is 42.1 Å². The van der Waals surface area contributed by atoms with Gasteiger partial charge in [-0.2, -0.15) is 14.6 Å². The lowest BCUT2D eigenvalue weighted by Gasteiger charge is -2.05. The molecule has 3 heterocycles. The molecule has 1 saturated carbocycles. The van der Waals surface area contributed by atoms with Crippen molar-refractivity contribution in [3.8, 4) is 11.3 Å². The van der Waals surface area contributed by atoms with Crippen molar-refractivity contribution in [3.63, 3.8) is 0 Å². The first kappa shape index (κ1) is 16.3. The highest BCUT2D eigenvalue weighted by Gasteiger charge is 2.22. The maximum atomic E-state index is 4.62. The Hall–Kier alpha value is -2.87. The Balaban J connectivity index is 1.43.